The van der Waals surface area contributed by atoms with Crippen LogP contribution in [0.1, 0.15) is 17.5 Å². The molecule has 0 spiro atoms. The summed E-state index contributed by atoms with van der Waals surface area (Å²) >= 11 is 0. The number of rotatable bonds is 3. The SMILES string of the molecule is CO[C@@H]1C=C[C@]2(c3cc4c(cc3CO)OCO4)[C@H](C1)N(C)C[C@@H]2O. The van der Waals surface area contributed by atoms with Crippen LogP contribution in [0.3, 0.4) is 0 Å². The zero-order valence-electron chi connectivity index (χ0n) is 13.9. The molecule has 3 aliphatic rings. The Kier molecular flexibility index (Phi) is 3.80. The fourth-order valence-electron chi connectivity index (χ4n) is 4.44. The summed E-state index contributed by atoms with van der Waals surface area (Å²) < 4.78 is 16.5. The second-order valence-electron chi connectivity index (χ2n) is 6.79. The monoisotopic (exact) mass is 333 g/mol. The van der Waals surface area contributed by atoms with Gasteiger partial charge in [0, 0.05) is 19.7 Å². The smallest absolute Gasteiger partial charge is 0.231 e. The van der Waals surface area contributed by atoms with E-state index in [1.54, 1.807) is 7.11 Å². The number of benzene rings is 1. The summed E-state index contributed by atoms with van der Waals surface area (Å²) in [6, 6.07) is 3.83. The lowest BCUT2D eigenvalue weighted by Crippen LogP contribution is -2.49. The highest BCUT2D eigenvalue weighted by Gasteiger charge is 2.55. The van der Waals surface area contributed by atoms with Crippen molar-refractivity contribution in [3.63, 3.8) is 0 Å². The van der Waals surface area contributed by atoms with Gasteiger partial charge >= 0.3 is 0 Å². The number of aliphatic hydroxyl groups excluding tert-OH is 2. The molecule has 130 valence electrons. The standard InChI is InChI=1S/C18H23NO5/c1-19-8-17(21)18(4-3-12(22-2)6-16(18)19)13-7-15-14(23-10-24-15)5-11(13)9-20/h3-5,7,12,16-17,20-21H,6,8-10H2,1-2H3/t12-,16+,17+,18+/m1/s1. The van der Waals surface area contributed by atoms with Crippen molar-refractivity contribution in [3.8, 4) is 11.5 Å². The Bertz CT molecular complexity index is 676. The molecule has 2 N–H and O–H groups in total. The van der Waals surface area contributed by atoms with Crippen molar-refractivity contribution < 1.29 is 24.4 Å². The van der Waals surface area contributed by atoms with Crippen LogP contribution >= 0.6 is 0 Å². The van der Waals surface area contributed by atoms with Crippen LogP contribution in [0, 0.1) is 0 Å². The quantitative estimate of drug-likeness (QED) is 0.797. The number of fused-ring (bicyclic) bond motifs is 2. The predicted octanol–water partition coefficient (Wildman–Crippen LogP) is 0.795. The van der Waals surface area contributed by atoms with Gasteiger partial charge in [-0.2, -0.15) is 0 Å². The van der Waals surface area contributed by atoms with Crippen LogP contribution in [0.4, 0.5) is 0 Å². The Morgan fingerprint density at radius 3 is 2.79 bits per heavy atom. The molecular weight excluding hydrogens is 310 g/mol. The number of β-amino-alcohol motifs (C(OH)–C–C–N with tert-alkyl or cyclic N) is 1. The number of hydrogen-bond acceptors (Lipinski definition) is 6. The molecule has 1 aromatic carbocycles. The molecule has 0 bridgehead atoms. The lowest BCUT2D eigenvalue weighted by Gasteiger charge is -2.42. The number of aliphatic hydroxyl groups is 2. The van der Waals surface area contributed by atoms with Gasteiger partial charge in [0.05, 0.1) is 24.2 Å². The van der Waals surface area contributed by atoms with Gasteiger partial charge in [0.15, 0.2) is 11.5 Å². The molecule has 1 aliphatic carbocycles. The highest BCUT2D eigenvalue weighted by molar-refractivity contribution is 5.54. The molecule has 1 saturated heterocycles. The predicted molar refractivity (Wildman–Crippen MR) is 87.1 cm³/mol. The molecule has 0 saturated carbocycles. The molecule has 2 aliphatic heterocycles. The van der Waals surface area contributed by atoms with Crippen molar-refractivity contribution in [3.05, 3.63) is 35.4 Å². The van der Waals surface area contributed by atoms with Gasteiger partial charge in [0.1, 0.15) is 0 Å². The van der Waals surface area contributed by atoms with Crippen LogP contribution in [0.15, 0.2) is 24.3 Å². The van der Waals surface area contributed by atoms with Crippen LogP contribution in [-0.4, -0.2) is 60.9 Å². The van der Waals surface area contributed by atoms with E-state index in [4.69, 9.17) is 14.2 Å². The van der Waals surface area contributed by atoms with Gasteiger partial charge in [-0.25, -0.2) is 0 Å². The fraction of sp³-hybridized carbons (Fsp3) is 0.556. The number of ether oxygens (including phenoxy) is 3. The molecule has 0 aromatic heterocycles. The van der Waals surface area contributed by atoms with E-state index in [0.29, 0.717) is 18.0 Å². The van der Waals surface area contributed by atoms with Gasteiger partial charge in [-0.15, -0.1) is 0 Å². The largest absolute Gasteiger partial charge is 0.454 e. The summed E-state index contributed by atoms with van der Waals surface area (Å²) in [4.78, 5) is 2.17. The van der Waals surface area contributed by atoms with Crippen molar-refractivity contribution in [2.75, 3.05) is 27.5 Å². The fourth-order valence-corrected chi connectivity index (χ4v) is 4.44. The van der Waals surface area contributed by atoms with E-state index < -0.39 is 11.5 Å². The first-order valence-corrected chi connectivity index (χ1v) is 8.24. The first-order chi connectivity index (χ1) is 11.6. The molecule has 24 heavy (non-hydrogen) atoms. The molecule has 1 aromatic rings. The maximum atomic E-state index is 10.9. The van der Waals surface area contributed by atoms with Gasteiger partial charge in [-0.1, -0.05) is 12.2 Å². The first kappa shape index (κ1) is 15.9. The summed E-state index contributed by atoms with van der Waals surface area (Å²) in [6.45, 7) is 0.646. The second kappa shape index (κ2) is 5.74. The minimum atomic E-state index is -0.581. The van der Waals surface area contributed by atoms with Crippen LogP contribution < -0.4 is 9.47 Å². The van der Waals surface area contributed by atoms with E-state index in [9.17, 15) is 10.2 Å². The Labute approximate surface area is 141 Å². The average molecular weight is 333 g/mol. The van der Waals surface area contributed by atoms with Crippen molar-refractivity contribution in [1.82, 2.24) is 4.90 Å². The summed E-state index contributed by atoms with van der Waals surface area (Å²) in [5.74, 6) is 1.31. The lowest BCUT2D eigenvalue weighted by atomic mass is 9.66. The van der Waals surface area contributed by atoms with Gasteiger partial charge in [-0.3, -0.25) is 4.90 Å². The maximum absolute atomic E-state index is 10.9. The van der Waals surface area contributed by atoms with Gasteiger partial charge in [0.2, 0.25) is 6.79 Å². The summed E-state index contributed by atoms with van der Waals surface area (Å²) in [6.07, 6.45) is 4.33. The number of likely N-dealkylation sites (tertiary alicyclic amines) is 1. The minimum absolute atomic E-state index is 0.0301. The Morgan fingerprint density at radius 1 is 1.33 bits per heavy atom. The van der Waals surface area contributed by atoms with E-state index >= 15 is 0 Å². The Balaban J connectivity index is 1.89. The number of methoxy groups -OCH3 is 1. The Hall–Kier alpha value is -1.60. The van der Waals surface area contributed by atoms with Crippen molar-refractivity contribution in [2.45, 2.75) is 36.7 Å². The molecule has 0 unspecified atom stereocenters. The van der Waals surface area contributed by atoms with E-state index in [2.05, 4.69) is 11.0 Å². The summed E-state index contributed by atoms with van der Waals surface area (Å²) in [7, 11) is 3.72. The van der Waals surface area contributed by atoms with Crippen molar-refractivity contribution in [2.24, 2.45) is 0 Å². The average Bonchev–Trinajstić information content (AvgIpc) is 3.16. The third kappa shape index (κ3) is 2.10. The molecule has 6 heteroatoms. The van der Waals surface area contributed by atoms with Gasteiger partial charge in [0.25, 0.3) is 0 Å². The van der Waals surface area contributed by atoms with Crippen LogP contribution in [-0.2, 0) is 16.8 Å². The maximum Gasteiger partial charge on any atom is 0.231 e. The van der Waals surface area contributed by atoms with Crippen LogP contribution in [0.5, 0.6) is 11.5 Å². The zero-order chi connectivity index (χ0) is 16.9. The van der Waals surface area contributed by atoms with Gasteiger partial charge in [-0.05, 0) is 36.7 Å². The van der Waals surface area contributed by atoms with Crippen LogP contribution in [0.25, 0.3) is 0 Å². The van der Waals surface area contributed by atoms with E-state index in [-0.39, 0.29) is 25.5 Å². The highest BCUT2D eigenvalue weighted by atomic mass is 16.7. The minimum Gasteiger partial charge on any atom is -0.454 e. The molecule has 4 rings (SSSR count). The zero-order valence-corrected chi connectivity index (χ0v) is 13.9. The molecule has 0 amide bonds. The van der Waals surface area contributed by atoms with Crippen LogP contribution in [0.2, 0.25) is 0 Å². The highest BCUT2D eigenvalue weighted by Crippen LogP contribution is 2.49. The van der Waals surface area contributed by atoms with Gasteiger partial charge < -0.3 is 24.4 Å². The van der Waals surface area contributed by atoms with E-state index in [1.165, 1.54) is 0 Å². The topological polar surface area (TPSA) is 71.4 Å². The molecule has 6 nitrogen and oxygen atoms in total. The van der Waals surface area contributed by atoms with E-state index in [1.807, 2.05) is 25.3 Å². The van der Waals surface area contributed by atoms with E-state index in [0.717, 1.165) is 17.5 Å². The molecular formula is C18H23NO5. The summed E-state index contributed by atoms with van der Waals surface area (Å²) in [5, 5.41) is 20.8. The normalized spacial score (nSPS) is 34.6. The first-order valence-electron chi connectivity index (χ1n) is 8.24. The third-order valence-corrected chi connectivity index (χ3v) is 5.68. The molecule has 0 radical (unpaired) electrons. The molecule has 2 heterocycles. The lowest BCUT2D eigenvalue weighted by molar-refractivity contribution is 0.0771. The Morgan fingerprint density at radius 2 is 2.08 bits per heavy atom. The number of hydrogen-bond donors (Lipinski definition) is 2. The van der Waals surface area contributed by atoms with Crippen molar-refractivity contribution in [1.29, 1.82) is 0 Å². The second-order valence-corrected chi connectivity index (χ2v) is 6.79. The number of likely N-dealkylation sites (N-methyl/N-ethyl adjacent to an activating group) is 1. The number of nitrogens with zero attached hydrogens (tertiary/aromatic N) is 1. The van der Waals surface area contributed by atoms with Crippen molar-refractivity contribution >= 4 is 0 Å². The third-order valence-electron chi connectivity index (χ3n) is 5.68. The summed E-state index contributed by atoms with van der Waals surface area (Å²) in [5.41, 5.74) is 1.09. The molecule has 4 atom stereocenters. The molecule has 1 fully saturated rings.